The molecule has 3 aliphatic heterocycles. The molecule has 194 valence electrons. The summed E-state index contributed by atoms with van der Waals surface area (Å²) >= 11 is 3.14. The van der Waals surface area contributed by atoms with Crippen LogP contribution < -0.4 is 4.74 Å². The second-order valence-corrected chi connectivity index (χ2v) is 16.9. The van der Waals surface area contributed by atoms with Crippen molar-refractivity contribution in [1.29, 1.82) is 0 Å². The molecule has 5 atom stereocenters. The van der Waals surface area contributed by atoms with Crippen molar-refractivity contribution in [3.63, 3.8) is 0 Å². The van der Waals surface area contributed by atoms with E-state index in [0.717, 1.165) is 31.9 Å². The van der Waals surface area contributed by atoms with Gasteiger partial charge < -0.3 is 28.4 Å². The minimum Gasteiger partial charge on any atom is -0.456 e. The first-order valence-corrected chi connectivity index (χ1v) is 16.8. The lowest BCUT2D eigenvalue weighted by Crippen LogP contribution is -2.38. The van der Waals surface area contributed by atoms with Crippen LogP contribution in [0.4, 0.5) is 4.39 Å². The lowest BCUT2D eigenvalue weighted by Gasteiger charge is -2.27. The van der Waals surface area contributed by atoms with Crippen LogP contribution in [0.3, 0.4) is 0 Å². The Morgan fingerprint density at radius 3 is 2.63 bits per heavy atom. The number of nitrogens with zero attached hydrogens (tertiary/aromatic N) is 3. The molecule has 0 aliphatic carbocycles. The van der Waals surface area contributed by atoms with Crippen LogP contribution in [0.15, 0.2) is 10.7 Å². The van der Waals surface area contributed by atoms with Crippen molar-refractivity contribution in [3.8, 4) is 6.01 Å². The highest BCUT2D eigenvalue weighted by molar-refractivity contribution is 9.10. The molecule has 9 nitrogen and oxygen atoms in total. The summed E-state index contributed by atoms with van der Waals surface area (Å²) in [4.78, 5) is 8.76. The SMILES string of the molecule is C[Si](C)(C)CCOCn1c(O[C@@H]2CO[C@H]3[C@@H]2OC[C@H]3OC2CCCCO2)nc2nc(Br)c(F)cc21. The van der Waals surface area contributed by atoms with E-state index in [9.17, 15) is 4.39 Å². The molecule has 3 fully saturated rings. The van der Waals surface area contributed by atoms with Gasteiger partial charge in [0, 0.05) is 27.4 Å². The van der Waals surface area contributed by atoms with Crippen LogP contribution in [0.5, 0.6) is 6.01 Å². The standard InChI is InChI=1S/C23H33BrFN3O6Si/c1-35(2,3)9-8-29-13-28-15-10-14(25)21(24)26-22(15)27-23(28)34-17-12-32-19-16(11-31-20(17)19)33-18-6-4-5-7-30-18/h10,16-20H,4-9,11-13H2,1-3H3/t16-,17-,18?,19-,20-/m1/s1. The first-order valence-electron chi connectivity index (χ1n) is 12.3. The molecule has 0 radical (unpaired) electrons. The minimum absolute atomic E-state index is 0.106. The number of hydrogen-bond donors (Lipinski definition) is 0. The zero-order valence-corrected chi connectivity index (χ0v) is 23.0. The summed E-state index contributed by atoms with van der Waals surface area (Å²) in [6.45, 7) is 9.17. The van der Waals surface area contributed by atoms with E-state index < -0.39 is 13.9 Å². The molecule has 0 N–H and O–H groups in total. The summed E-state index contributed by atoms with van der Waals surface area (Å²) in [6, 6.07) is 2.71. The number of halogens is 2. The summed E-state index contributed by atoms with van der Waals surface area (Å²) in [5.41, 5.74) is 0.882. The van der Waals surface area contributed by atoms with Gasteiger partial charge in [0.25, 0.3) is 0 Å². The smallest absolute Gasteiger partial charge is 0.301 e. The molecular formula is C23H33BrFN3O6Si. The summed E-state index contributed by atoms with van der Waals surface area (Å²) in [5, 5.41) is 0. The van der Waals surface area contributed by atoms with Gasteiger partial charge in [0.2, 0.25) is 0 Å². The van der Waals surface area contributed by atoms with Crippen molar-refractivity contribution in [3.05, 3.63) is 16.5 Å². The van der Waals surface area contributed by atoms with Crippen molar-refractivity contribution in [2.75, 3.05) is 26.4 Å². The highest BCUT2D eigenvalue weighted by atomic mass is 79.9. The normalized spacial score (nSPS) is 29.1. The van der Waals surface area contributed by atoms with E-state index in [1.54, 1.807) is 4.57 Å². The third kappa shape index (κ3) is 5.89. The maximum atomic E-state index is 14.3. The van der Waals surface area contributed by atoms with Gasteiger partial charge in [0.05, 0.1) is 18.7 Å². The second-order valence-electron chi connectivity index (χ2n) is 10.5. The Kier molecular flexibility index (Phi) is 7.78. The third-order valence-electron chi connectivity index (χ3n) is 6.52. The number of rotatable bonds is 9. The molecule has 3 aliphatic rings. The van der Waals surface area contributed by atoms with Gasteiger partial charge in [-0.2, -0.15) is 4.98 Å². The predicted octanol–water partition coefficient (Wildman–Crippen LogP) is 4.10. The molecule has 2 aromatic heterocycles. The van der Waals surface area contributed by atoms with Crippen molar-refractivity contribution >= 4 is 35.2 Å². The molecule has 1 unspecified atom stereocenters. The van der Waals surface area contributed by atoms with Crippen LogP contribution in [0.2, 0.25) is 25.7 Å². The summed E-state index contributed by atoms with van der Waals surface area (Å²) < 4.78 is 52.3. The molecule has 0 saturated carbocycles. The zero-order valence-electron chi connectivity index (χ0n) is 20.4. The Labute approximate surface area is 213 Å². The van der Waals surface area contributed by atoms with E-state index in [1.165, 1.54) is 6.07 Å². The molecule has 0 bridgehead atoms. The summed E-state index contributed by atoms with van der Waals surface area (Å²) in [7, 11) is -1.24. The first-order chi connectivity index (χ1) is 16.8. The van der Waals surface area contributed by atoms with Gasteiger partial charge in [-0.1, -0.05) is 19.6 Å². The van der Waals surface area contributed by atoms with Crippen molar-refractivity contribution in [2.24, 2.45) is 0 Å². The second kappa shape index (κ2) is 10.7. The molecule has 0 spiro atoms. The van der Waals surface area contributed by atoms with Gasteiger partial charge in [-0.05, 0) is 41.2 Å². The Hall–Kier alpha value is -1.15. The minimum atomic E-state index is -1.24. The maximum absolute atomic E-state index is 14.3. The molecule has 5 rings (SSSR count). The molecule has 0 amide bonds. The molecule has 0 aromatic carbocycles. The van der Waals surface area contributed by atoms with E-state index in [-0.39, 0.29) is 42.0 Å². The third-order valence-corrected chi connectivity index (χ3v) is 8.78. The van der Waals surface area contributed by atoms with Crippen LogP contribution in [-0.2, 0) is 30.4 Å². The lowest BCUT2D eigenvalue weighted by atomic mass is 10.1. The van der Waals surface area contributed by atoms with E-state index in [1.807, 2.05) is 0 Å². The van der Waals surface area contributed by atoms with Crippen LogP contribution in [-0.4, -0.2) is 79.7 Å². The highest BCUT2D eigenvalue weighted by Crippen LogP contribution is 2.34. The highest BCUT2D eigenvalue weighted by Gasteiger charge is 2.50. The Balaban J connectivity index is 1.29. The molecule has 35 heavy (non-hydrogen) atoms. The average molecular weight is 575 g/mol. The molecule has 5 heterocycles. The quantitative estimate of drug-likeness (QED) is 0.252. The van der Waals surface area contributed by atoms with Crippen molar-refractivity contribution in [1.82, 2.24) is 14.5 Å². The first kappa shape index (κ1) is 25.5. The number of aromatic nitrogens is 3. The fraction of sp³-hybridized carbons (Fsp3) is 0.739. The van der Waals surface area contributed by atoms with Gasteiger partial charge in [0.15, 0.2) is 23.9 Å². The summed E-state index contributed by atoms with van der Waals surface area (Å²) in [5.74, 6) is -0.472. The predicted molar refractivity (Wildman–Crippen MR) is 132 cm³/mol. The number of ether oxygens (including phenoxy) is 6. The van der Waals surface area contributed by atoms with E-state index in [4.69, 9.17) is 28.4 Å². The van der Waals surface area contributed by atoms with Crippen molar-refractivity contribution < 1.29 is 32.8 Å². The van der Waals surface area contributed by atoms with Crippen LogP contribution in [0.1, 0.15) is 19.3 Å². The topological polar surface area (TPSA) is 86.1 Å². The van der Waals surface area contributed by atoms with Gasteiger partial charge in [0.1, 0.15) is 29.6 Å². The van der Waals surface area contributed by atoms with Crippen molar-refractivity contribution in [2.45, 2.75) is 82.4 Å². The van der Waals surface area contributed by atoms with E-state index in [2.05, 4.69) is 45.5 Å². The Bertz CT molecular complexity index is 1030. The monoisotopic (exact) mass is 573 g/mol. The molecule has 12 heteroatoms. The van der Waals surface area contributed by atoms with Crippen LogP contribution >= 0.6 is 15.9 Å². The van der Waals surface area contributed by atoms with Gasteiger partial charge >= 0.3 is 6.01 Å². The van der Waals surface area contributed by atoms with Crippen LogP contribution in [0.25, 0.3) is 11.2 Å². The maximum Gasteiger partial charge on any atom is 0.301 e. The number of fused-ring (bicyclic) bond motifs is 2. The van der Waals surface area contributed by atoms with Crippen LogP contribution in [0, 0.1) is 5.82 Å². The zero-order chi connectivity index (χ0) is 24.6. The molecule has 3 saturated heterocycles. The lowest BCUT2D eigenvalue weighted by molar-refractivity contribution is -0.202. The van der Waals surface area contributed by atoms with Gasteiger partial charge in [-0.15, -0.1) is 0 Å². The number of imidazole rings is 1. The van der Waals surface area contributed by atoms with Gasteiger partial charge in [-0.25, -0.2) is 9.37 Å². The van der Waals surface area contributed by atoms with E-state index in [0.29, 0.717) is 37.0 Å². The molecule has 2 aromatic rings. The fourth-order valence-electron chi connectivity index (χ4n) is 4.53. The largest absolute Gasteiger partial charge is 0.456 e. The average Bonchev–Trinajstić information content (AvgIpc) is 3.48. The van der Waals surface area contributed by atoms with E-state index >= 15 is 0 Å². The molecular weight excluding hydrogens is 541 g/mol. The number of hydrogen-bond acceptors (Lipinski definition) is 8. The van der Waals surface area contributed by atoms with Gasteiger partial charge in [-0.3, -0.25) is 4.57 Å². The Morgan fingerprint density at radius 2 is 1.89 bits per heavy atom. The fourth-order valence-corrected chi connectivity index (χ4v) is 5.57. The number of pyridine rings is 1. The summed E-state index contributed by atoms with van der Waals surface area (Å²) in [6.07, 6.45) is 1.73. The Morgan fingerprint density at radius 1 is 1.11 bits per heavy atom.